The quantitative estimate of drug-likeness (QED) is 0.134. The summed E-state index contributed by atoms with van der Waals surface area (Å²) in [6.07, 6.45) is 2.94. The van der Waals surface area contributed by atoms with Crippen molar-refractivity contribution < 1.29 is 4.92 Å². The van der Waals surface area contributed by atoms with E-state index in [1.54, 1.807) is 6.21 Å². The number of pyridine rings is 1. The van der Waals surface area contributed by atoms with Gasteiger partial charge >= 0.3 is 0 Å². The maximum absolute atomic E-state index is 10.9. The average molecular weight is 538 g/mol. The molecule has 0 saturated carbocycles. The lowest BCUT2D eigenvalue weighted by atomic mass is 10.1. The Kier molecular flexibility index (Phi) is 6.68. The van der Waals surface area contributed by atoms with Gasteiger partial charge in [0.2, 0.25) is 0 Å². The zero-order valence-corrected chi connectivity index (χ0v) is 20.5. The summed E-state index contributed by atoms with van der Waals surface area (Å²) in [4.78, 5) is 14.5. The van der Waals surface area contributed by atoms with Gasteiger partial charge in [0.1, 0.15) is 12.0 Å². The van der Waals surface area contributed by atoms with Crippen LogP contribution >= 0.6 is 15.9 Å². The number of aromatic nitrogens is 2. The van der Waals surface area contributed by atoms with Crippen molar-refractivity contribution in [2.75, 3.05) is 5.43 Å². The first-order valence-electron chi connectivity index (χ1n) is 11.1. The number of nitrogens with zero attached hydrogens (tertiary/aromatic N) is 4. The molecule has 0 aliphatic rings. The first-order valence-corrected chi connectivity index (χ1v) is 11.9. The highest BCUT2D eigenvalue weighted by molar-refractivity contribution is 9.10. The zero-order valence-electron chi connectivity index (χ0n) is 19.0. The first kappa shape index (κ1) is 23.2. The number of hydrogen-bond acceptors (Lipinski definition) is 5. The van der Waals surface area contributed by atoms with Crippen LogP contribution in [0.1, 0.15) is 5.56 Å². The molecule has 5 aromatic rings. The van der Waals surface area contributed by atoms with Gasteiger partial charge in [0.15, 0.2) is 0 Å². The second kappa shape index (κ2) is 10.4. The van der Waals surface area contributed by atoms with Gasteiger partial charge < -0.3 is 4.57 Å². The van der Waals surface area contributed by atoms with Crippen molar-refractivity contribution in [2.24, 2.45) is 5.10 Å². The third-order valence-electron chi connectivity index (χ3n) is 5.57. The molecule has 0 unspecified atom stereocenters. The van der Waals surface area contributed by atoms with E-state index in [2.05, 4.69) is 78.5 Å². The van der Waals surface area contributed by atoms with Gasteiger partial charge in [0, 0.05) is 21.8 Å². The minimum Gasteiger partial charge on any atom is -0.309 e. The van der Waals surface area contributed by atoms with Crippen LogP contribution in [-0.4, -0.2) is 20.7 Å². The standard InChI is InChI=1S/C28H20BrN5O2/c29-23-11-13-24(14-12-23)33-26(20-7-3-1-4-8-20)17-22(28(33)21-9-5-2-6-10-21)18-31-32-27-16-15-25(19-30-27)34(35)36/h1-19H,(H,30,32)/b31-18+. The summed E-state index contributed by atoms with van der Waals surface area (Å²) >= 11 is 3.54. The van der Waals surface area contributed by atoms with Gasteiger partial charge in [-0.2, -0.15) is 5.10 Å². The Morgan fingerprint density at radius 3 is 2.17 bits per heavy atom. The highest BCUT2D eigenvalue weighted by Crippen LogP contribution is 2.35. The molecule has 0 radical (unpaired) electrons. The van der Waals surface area contributed by atoms with E-state index < -0.39 is 4.92 Å². The molecular weight excluding hydrogens is 518 g/mol. The summed E-state index contributed by atoms with van der Waals surface area (Å²) in [6, 6.07) is 33.6. The van der Waals surface area contributed by atoms with Crippen molar-refractivity contribution in [1.29, 1.82) is 0 Å². The van der Waals surface area contributed by atoms with Gasteiger partial charge in [-0.05, 0) is 47.5 Å². The predicted molar refractivity (Wildman–Crippen MR) is 146 cm³/mol. The van der Waals surface area contributed by atoms with E-state index in [0.717, 1.165) is 38.2 Å². The molecule has 7 nitrogen and oxygen atoms in total. The van der Waals surface area contributed by atoms with Crippen molar-refractivity contribution >= 4 is 33.6 Å². The molecule has 2 heterocycles. The van der Waals surface area contributed by atoms with E-state index in [9.17, 15) is 10.1 Å². The van der Waals surface area contributed by atoms with Crippen LogP contribution in [0.5, 0.6) is 0 Å². The highest BCUT2D eigenvalue weighted by atomic mass is 79.9. The van der Waals surface area contributed by atoms with Crippen molar-refractivity contribution in [1.82, 2.24) is 9.55 Å². The topological polar surface area (TPSA) is 85.4 Å². The lowest BCUT2D eigenvalue weighted by Gasteiger charge is -2.15. The minimum atomic E-state index is -0.484. The maximum atomic E-state index is 10.9. The number of benzene rings is 3. The fourth-order valence-electron chi connectivity index (χ4n) is 3.93. The molecule has 0 atom stereocenters. The Bertz CT molecular complexity index is 1510. The average Bonchev–Trinajstić information content (AvgIpc) is 3.30. The molecule has 0 bridgehead atoms. The molecule has 36 heavy (non-hydrogen) atoms. The summed E-state index contributed by atoms with van der Waals surface area (Å²) in [7, 11) is 0. The van der Waals surface area contributed by atoms with E-state index in [4.69, 9.17) is 0 Å². The fraction of sp³-hybridized carbons (Fsp3) is 0. The van der Waals surface area contributed by atoms with E-state index in [1.807, 2.05) is 48.5 Å². The molecule has 0 fully saturated rings. The van der Waals surface area contributed by atoms with Crippen molar-refractivity contribution in [3.05, 3.63) is 129 Å². The van der Waals surface area contributed by atoms with Crippen molar-refractivity contribution in [3.8, 4) is 28.2 Å². The van der Waals surface area contributed by atoms with E-state index in [0.29, 0.717) is 5.82 Å². The van der Waals surface area contributed by atoms with Crippen molar-refractivity contribution in [3.63, 3.8) is 0 Å². The second-order valence-corrected chi connectivity index (χ2v) is 8.82. The Balaban J connectivity index is 1.63. The second-order valence-electron chi connectivity index (χ2n) is 7.91. The molecular formula is C28H20BrN5O2. The summed E-state index contributed by atoms with van der Waals surface area (Å²) < 4.78 is 3.23. The van der Waals surface area contributed by atoms with Crippen molar-refractivity contribution in [2.45, 2.75) is 0 Å². The van der Waals surface area contributed by atoms with Crippen LogP contribution in [0.15, 0.2) is 119 Å². The summed E-state index contributed by atoms with van der Waals surface area (Å²) in [5, 5.41) is 15.3. The van der Waals surface area contributed by atoms with E-state index in [1.165, 1.54) is 18.3 Å². The van der Waals surface area contributed by atoms with Crippen LogP contribution in [0.3, 0.4) is 0 Å². The third-order valence-corrected chi connectivity index (χ3v) is 6.10. The molecule has 1 N–H and O–H groups in total. The molecule has 0 aliphatic heterocycles. The van der Waals surface area contributed by atoms with Crippen LogP contribution in [0, 0.1) is 10.1 Å². The minimum absolute atomic E-state index is 0.0741. The molecule has 0 amide bonds. The summed E-state index contributed by atoms with van der Waals surface area (Å²) in [5.41, 5.74) is 8.83. The van der Waals surface area contributed by atoms with Crippen LogP contribution in [0.25, 0.3) is 28.2 Å². The van der Waals surface area contributed by atoms with E-state index >= 15 is 0 Å². The Labute approximate surface area is 216 Å². The molecule has 2 aromatic heterocycles. The number of hydrazone groups is 1. The molecule has 0 aliphatic carbocycles. The van der Waals surface area contributed by atoms with Crippen LogP contribution in [0.2, 0.25) is 0 Å². The normalized spacial score (nSPS) is 11.0. The van der Waals surface area contributed by atoms with Crippen LogP contribution in [0.4, 0.5) is 11.5 Å². The monoisotopic (exact) mass is 537 g/mol. The number of halogens is 1. The fourth-order valence-corrected chi connectivity index (χ4v) is 4.19. The van der Waals surface area contributed by atoms with Gasteiger partial charge in [0.25, 0.3) is 5.69 Å². The van der Waals surface area contributed by atoms with E-state index in [-0.39, 0.29) is 5.69 Å². The number of rotatable bonds is 7. The molecule has 0 saturated heterocycles. The molecule has 0 spiro atoms. The predicted octanol–water partition coefficient (Wildman–Crippen LogP) is 7.32. The molecule has 3 aromatic carbocycles. The number of anilines is 1. The van der Waals surface area contributed by atoms with Crippen LogP contribution in [-0.2, 0) is 0 Å². The molecule has 8 heteroatoms. The summed E-state index contributed by atoms with van der Waals surface area (Å²) in [5.74, 6) is 0.411. The smallest absolute Gasteiger partial charge is 0.287 e. The first-order chi connectivity index (χ1) is 17.6. The Hall–Kier alpha value is -4.56. The third kappa shape index (κ3) is 4.94. The summed E-state index contributed by atoms with van der Waals surface area (Å²) in [6.45, 7) is 0. The highest BCUT2D eigenvalue weighted by Gasteiger charge is 2.18. The largest absolute Gasteiger partial charge is 0.309 e. The zero-order chi connectivity index (χ0) is 24.9. The molecule has 176 valence electrons. The van der Waals surface area contributed by atoms with Gasteiger partial charge in [-0.3, -0.25) is 15.5 Å². The number of nitro groups is 1. The number of hydrogen-bond donors (Lipinski definition) is 1. The molecule has 5 rings (SSSR count). The van der Waals surface area contributed by atoms with Gasteiger partial charge in [-0.25, -0.2) is 4.98 Å². The SMILES string of the molecule is O=[N+]([O-])c1ccc(N/N=C/c2cc(-c3ccccc3)n(-c3ccc(Br)cc3)c2-c2ccccc2)nc1. The van der Waals surface area contributed by atoms with Gasteiger partial charge in [0.05, 0.1) is 22.5 Å². The van der Waals surface area contributed by atoms with Gasteiger partial charge in [-0.1, -0.05) is 76.6 Å². The number of nitrogens with one attached hydrogen (secondary N) is 1. The lowest BCUT2D eigenvalue weighted by Crippen LogP contribution is -2.01. The maximum Gasteiger partial charge on any atom is 0.287 e. The Morgan fingerprint density at radius 1 is 0.889 bits per heavy atom. The Morgan fingerprint density at radius 2 is 1.56 bits per heavy atom. The van der Waals surface area contributed by atoms with Crippen LogP contribution < -0.4 is 5.43 Å². The van der Waals surface area contributed by atoms with Gasteiger partial charge in [-0.15, -0.1) is 0 Å². The lowest BCUT2D eigenvalue weighted by molar-refractivity contribution is -0.385.